The normalized spacial score (nSPS) is 44.6. The summed E-state index contributed by atoms with van der Waals surface area (Å²) in [5.74, 6) is 0.269. The van der Waals surface area contributed by atoms with E-state index in [2.05, 4.69) is 24.2 Å². The Kier molecular flexibility index (Phi) is 5.11. The van der Waals surface area contributed by atoms with Crippen LogP contribution in [-0.4, -0.2) is 54.4 Å². The number of hydrogen-bond donors (Lipinski definition) is 3. The van der Waals surface area contributed by atoms with Gasteiger partial charge in [0.25, 0.3) is 0 Å². The van der Waals surface area contributed by atoms with Gasteiger partial charge >= 0.3 is 0 Å². The lowest BCUT2D eigenvalue weighted by atomic mass is 9.58. The number of carbonyl (C=O) groups is 1. The minimum absolute atomic E-state index is 0.0254. The standard InChI is InChI=1S/C28H39N3O4/c1-15-12-27-16(2)10-20-22(26(20,3)4)19(25(27)34)11-18(14-32)24(33)28(27,35)23(15)31-13-21(29-30-31)17-8-6-5-7-9-17/h11-13,16-17,19-20,22-24,32-33,35H,5-10,14H2,1-4H3/t16-,19+,20-,22+,23+,24-,27+,28-/m1/s1. The Morgan fingerprint density at radius 2 is 1.91 bits per heavy atom. The van der Waals surface area contributed by atoms with Gasteiger partial charge < -0.3 is 15.3 Å². The summed E-state index contributed by atoms with van der Waals surface area (Å²) in [5, 5.41) is 43.7. The molecule has 1 spiro atoms. The largest absolute Gasteiger partial charge is 0.392 e. The predicted molar refractivity (Wildman–Crippen MR) is 130 cm³/mol. The van der Waals surface area contributed by atoms with Gasteiger partial charge in [-0.25, -0.2) is 4.68 Å². The Labute approximate surface area is 207 Å². The van der Waals surface area contributed by atoms with Crippen molar-refractivity contribution in [1.29, 1.82) is 0 Å². The van der Waals surface area contributed by atoms with E-state index in [1.165, 1.54) is 19.3 Å². The fourth-order valence-corrected chi connectivity index (χ4v) is 8.84. The van der Waals surface area contributed by atoms with E-state index in [1.807, 2.05) is 26.1 Å². The average molecular weight is 482 g/mol. The summed E-state index contributed by atoms with van der Waals surface area (Å²) in [5.41, 5.74) is -0.999. The molecule has 0 unspecified atom stereocenters. The van der Waals surface area contributed by atoms with Crippen LogP contribution in [0.3, 0.4) is 0 Å². The number of nitrogens with zero attached hydrogens (tertiary/aromatic N) is 3. The minimum atomic E-state index is -1.85. The number of carbonyl (C=O) groups excluding carboxylic acids is 1. The van der Waals surface area contributed by atoms with E-state index in [0.717, 1.165) is 30.5 Å². The minimum Gasteiger partial charge on any atom is -0.392 e. The summed E-state index contributed by atoms with van der Waals surface area (Å²) in [7, 11) is 0. The van der Waals surface area contributed by atoms with E-state index in [1.54, 1.807) is 10.8 Å². The fourth-order valence-electron chi connectivity index (χ4n) is 8.84. The molecule has 0 aromatic carbocycles. The molecule has 2 bridgehead atoms. The first kappa shape index (κ1) is 23.6. The maximum absolute atomic E-state index is 14.5. The molecule has 8 atom stereocenters. The zero-order valence-corrected chi connectivity index (χ0v) is 21.3. The smallest absolute Gasteiger partial charge is 0.153 e. The lowest BCUT2D eigenvalue weighted by Gasteiger charge is -2.49. The van der Waals surface area contributed by atoms with Crippen LogP contribution < -0.4 is 0 Å². The Morgan fingerprint density at radius 3 is 2.60 bits per heavy atom. The summed E-state index contributed by atoms with van der Waals surface area (Å²) in [6, 6.07) is -0.732. The summed E-state index contributed by atoms with van der Waals surface area (Å²) >= 11 is 0. The lowest BCUT2D eigenvalue weighted by Crippen LogP contribution is -2.63. The van der Waals surface area contributed by atoms with Crippen molar-refractivity contribution in [3.63, 3.8) is 0 Å². The van der Waals surface area contributed by atoms with Gasteiger partial charge in [0.15, 0.2) is 5.78 Å². The van der Waals surface area contributed by atoms with Gasteiger partial charge in [0, 0.05) is 18.0 Å². The quantitative estimate of drug-likeness (QED) is 0.572. The first-order valence-corrected chi connectivity index (χ1v) is 13.5. The van der Waals surface area contributed by atoms with E-state index in [9.17, 15) is 20.1 Å². The van der Waals surface area contributed by atoms with Crippen LogP contribution in [-0.2, 0) is 4.79 Å². The second kappa shape index (κ2) is 7.59. The molecule has 0 radical (unpaired) electrons. The topological polar surface area (TPSA) is 108 Å². The monoisotopic (exact) mass is 481 g/mol. The van der Waals surface area contributed by atoms with E-state index >= 15 is 0 Å². The van der Waals surface area contributed by atoms with Crippen molar-refractivity contribution >= 4 is 5.78 Å². The second-order valence-electron chi connectivity index (χ2n) is 12.7. The molecular formula is C28H39N3O4. The SMILES string of the molecule is CC1=C[C@]23C(=O)[C@@H](C=C(CO)[C@@H](O)[C@]2(O)[C@H]1n1cc(C2CCCCC2)nn1)[C@H]1[C@@H](C[C@H]3C)C1(C)C. The van der Waals surface area contributed by atoms with Crippen molar-refractivity contribution in [3.05, 3.63) is 35.2 Å². The van der Waals surface area contributed by atoms with E-state index < -0.39 is 35.7 Å². The Balaban J connectivity index is 1.49. The van der Waals surface area contributed by atoms with Gasteiger partial charge in [-0.2, -0.15) is 0 Å². The summed E-state index contributed by atoms with van der Waals surface area (Å²) in [4.78, 5) is 14.5. The van der Waals surface area contributed by atoms with E-state index in [4.69, 9.17) is 0 Å². The van der Waals surface area contributed by atoms with Crippen molar-refractivity contribution in [2.75, 3.05) is 6.61 Å². The second-order valence-corrected chi connectivity index (χ2v) is 12.7. The van der Waals surface area contributed by atoms with Gasteiger partial charge in [0.1, 0.15) is 17.7 Å². The first-order chi connectivity index (χ1) is 16.6. The maximum atomic E-state index is 14.5. The highest BCUT2D eigenvalue weighted by atomic mass is 16.3. The van der Waals surface area contributed by atoms with Crippen LogP contribution >= 0.6 is 0 Å². The Hall–Kier alpha value is -1.83. The molecule has 0 saturated heterocycles. The van der Waals surface area contributed by atoms with Gasteiger partial charge in [-0.05, 0) is 60.5 Å². The van der Waals surface area contributed by atoms with Crippen LogP contribution in [0.1, 0.15) is 83.9 Å². The van der Waals surface area contributed by atoms with Crippen molar-refractivity contribution in [2.45, 2.75) is 89.9 Å². The number of aliphatic hydroxyl groups is 3. The maximum Gasteiger partial charge on any atom is 0.153 e. The van der Waals surface area contributed by atoms with Crippen LogP contribution in [0.4, 0.5) is 0 Å². The molecule has 3 fully saturated rings. The third kappa shape index (κ3) is 2.86. The Morgan fingerprint density at radius 1 is 1.20 bits per heavy atom. The molecular weight excluding hydrogens is 442 g/mol. The third-order valence-electron chi connectivity index (χ3n) is 10.7. The van der Waals surface area contributed by atoms with E-state index in [-0.39, 0.29) is 23.0 Å². The van der Waals surface area contributed by atoms with Crippen LogP contribution in [0.15, 0.2) is 29.5 Å². The van der Waals surface area contributed by atoms with Crippen molar-refractivity contribution < 1.29 is 20.1 Å². The fraction of sp³-hybridized carbons (Fsp3) is 0.750. The number of fused-ring (bicyclic) bond motifs is 3. The molecule has 35 heavy (non-hydrogen) atoms. The van der Waals surface area contributed by atoms with Crippen molar-refractivity contribution in [1.82, 2.24) is 15.0 Å². The van der Waals surface area contributed by atoms with E-state index in [0.29, 0.717) is 17.4 Å². The van der Waals surface area contributed by atoms with Gasteiger partial charge in [-0.3, -0.25) is 4.79 Å². The molecule has 1 aromatic rings. The number of hydrogen-bond acceptors (Lipinski definition) is 6. The molecule has 7 heteroatoms. The molecule has 3 N–H and O–H groups in total. The van der Waals surface area contributed by atoms with Gasteiger partial charge in [0.05, 0.1) is 17.7 Å². The van der Waals surface area contributed by atoms with Crippen LogP contribution in [0.2, 0.25) is 0 Å². The van der Waals surface area contributed by atoms with Gasteiger partial charge in [-0.1, -0.05) is 57.4 Å². The number of rotatable bonds is 3. The van der Waals surface area contributed by atoms with Crippen LogP contribution in [0, 0.1) is 34.5 Å². The molecule has 190 valence electrons. The number of ketones is 1. The van der Waals surface area contributed by atoms with Gasteiger partial charge in [0.2, 0.25) is 0 Å². The molecule has 3 saturated carbocycles. The summed E-state index contributed by atoms with van der Waals surface area (Å²) < 4.78 is 1.68. The lowest BCUT2D eigenvalue weighted by molar-refractivity contribution is -0.175. The Bertz CT molecular complexity index is 1120. The molecule has 1 aromatic heterocycles. The molecule has 6 rings (SSSR count). The van der Waals surface area contributed by atoms with Crippen LogP contribution in [0.25, 0.3) is 0 Å². The molecule has 0 aliphatic heterocycles. The zero-order valence-electron chi connectivity index (χ0n) is 21.3. The average Bonchev–Trinajstić information content (AvgIpc) is 3.14. The summed E-state index contributed by atoms with van der Waals surface area (Å²) in [6.07, 6.45) is 10.9. The molecule has 7 nitrogen and oxygen atoms in total. The zero-order chi connectivity index (χ0) is 24.9. The third-order valence-corrected chi connectivity index (χ3v) is 10.7. The number of allylic oxidation sites excluding steroid dienone is 1. The van der Waals surface area contributed by atoms with Crippen LogP contribution in [0.5, 0.6) is 0 Å². The predicted octanol–water partition coefficient (Wildman–Crippen LogP) is 3.33. The first-order valence-electron chi connectivity index (χ1n) is 13.5. The highest BCUT2D eigenvalue weighted by Gasteiger charge is 2.76. The van der Waals surface area contributed by atoms with Crippen molar-refractivity contribution in [3.8, 4) is 0 Å². The number of aliphatic hydroxyl groups excluding tert-OH is 2. The molecule has 1 heterocycles. The number of Topliss-reactive ketones (excluding diaryl/α,β-unsaturated/α-hetero) is 1. The molecule has 5 aliphatic rings. The molecule has 5 aliphatic carbocycles. The highest BCUT2D eigenvalue weighted by molar-refractivity contribution is 5.95. The molecule has 0 amide bonds. The van der Waals surface area contributed by atoms with Gasteiger partial charge in [-0.15, -0.1) is 5.10 Å². The number of aromatic nitrogens is 3. The highest BCUT2D eigenvalue weighted by Crippen LogP contribution is 2.72. The van der Waals surface area contributed by atoms with Crippen molar-refractivity contribution in [2.24, 2.45) is 34.5 Å². The summed E-state index contributed by atoms with van der Waals surface area (Å²) in [6.45, 7) is 8.00.